The van der Waals surface area contributed by atoms with E-state index in [-0.39, 0.29) is 12.3 Å². The fourth-order valence-electron chi connectivity index (χ4n) is 3.45. The Morgan fingerprint density at radius 2 is 2.07 bits per heavy atom. The van der Waals surface area contributed by atoms with Crippen LogP contribution in [0.1, 0.15) is 17.8 Å². The molecule has 27 heavy (non-hydrogen) atoms. The molecule has 0 aliphatic carbocycles. The molecule has 0 radical (unpaired) electrons. The predicted molar refractivity (Wildman–Crippen MR) is 109 cm³/mol. The number of piperazine rings is 1. The van der Waals surface area contributed by atoms with E-state index < -0.39 is 0 Å². The Hall–Kier alpha value is -1.90. The maximum atomic E-state index is 11.0. The normalized spacial score (nSPS) is 15.3. The zero-order valence-corrected chi connectivity index (χ0v) is 17.3. The Labute approximate surface area is 169 Å². The van der Waals surface area contributed by atoms with Crippen LogP contribution in [-0.4, -0.2) is 46.4 Å². The molecule has 1 aliphatic heterocycles. The van der Waals surface area contributed by atoms with Crippen LogP contribution in [0, 0.1) is 11.7 Å². The molecule has 1 aliphatic rings. The number of amides is 1. The number of aryl methyl sites for hydroxylation is 2. The monoisotopic (exact) mass is 409 g/mol. The number of aromatic nitrogens is 3. The van der Waals surface area contributed by atoms with Gasteiger partial charge in [0.2, 0.25) is 10.7 Å². The molecule has 1 amide bonds. The van der Waals surface area contributed by atoms with Gasteiger partial charge in [0, 0.05) is 30.6 Å². The van der Waals surface area contributed by atoms with Crippen molar-refractivity contribution < 1.29 is 9.69 Å². The first-order valence-electron chi connectivity index (χ1n) is 9.11. The van der Waals surface area contributed by atoms with E-state index in [2.05, 4.69) is 23.0 Å². The number of carbonyl (C=O) groups excluding carboxylic acids is 1. The van der Waals surface area contributed by atoms with Crippen molar-refractivity contribution in [2.24, 2.45) is 12.8 Å². The molecular weight excluding hydrogens is 384 g/mol. The van der Waals surface area contributed by atoms with Crippen LogP contribution in [-0.2, 0) is 24.9 Å². The largest absolute Gasteiger partial charge is 0.370 e. The van der Waals surface area contributed by atoms with E-state index in [9.17, 15) is 4.79 Å². The lowest BCUT2D eigenvalue weighted by Gasteiger charge is -2.34. The van der Waals surface area contributed by atoms with Crippen molar-refractivity contribution in [3.63, 3.8) is 0 Å². The molecule has 0 unspecified atom stereocenters. The van der Waals surface area contributed by atoms with Gasteiger partial charge in [-0.2, -0.15) is 9.78 Å². The maximum absolute atomic E-state index is 11.0. The lowest BCUT2D eigenvalue weighted by atomic mass is 10.1. The first-order chi connectivity index (χ1) is 12.8. The average Bonchev–Trinajstić information content (AvgIpc) is 2.90. The Kier molecular flexibility index (Phi) is 6.18. The van der Waals surface area contributed by atoms with Crippen molar-refractivity contribution >= 4 is 35.4 Å². The number of primary amides is 1. The Morgan fingerprint density at radius 3 is 2.74 bits per heavy atom. The second-order valence-corrected chi connectivity index (χ2v) is 7.85. The van der Waals surface area contributed by atoms with Crippen molar-refractivity contribution in [1.29, 1.82) is 0 Å². The summed E-state index contributed by atoms with van der Waals surface area (Å²) in [6, 6.07) is 6.04. The third-order valence-electron chi connectivity index (χ3n) is 5.08. The lowest BCUT2D eigenvalue weighted by molar-refractivity contribution is -0.924. The molecular formula is C18H26ClN6OS+. The highest BCUT2D eigenvalue weighted by atomic mass is 35.5. The summed E-state index contributed by atoms with van der Waals surface area (Å²) in [5, 5.41) is 5.37. The quantitative estimate of drug-likeness (QED) is 0.688. The summed E-state index contributed by atoms with van der Waals surface area (Å²) in [6.07, 6.45) is 0.795. The minimum absolute atomic E-state index is 0.282. The molecule has 7 nitrogen and oxygen atoms in total. The number of rotatable bonds is 6. The average molecular weight is 410 g/mol. The molecule has 0 spiro atoms. The summed E-state index contributed by atoms with van der Waals surface area (Å²) in [4.78, 5) is 14.8. The molecule has 0 saturated carbocycles. The van der Waals surface area contributed by atoms with Gasteiger partial charge in [0.25, 0.3) is 0 Å². The van der Waals surface area contributed by atoms with Crippen molar-refractivity contribution in [2.45, 2.75) is 26.4 Å². The van der Waals surface area contributed by atoms with Crippen LogP contribution in [0.4, 0.5) is 5.69 Å². The summed E-state index contributed by atoms with van der Waals surface area (Å²) < 4.78 is 4.40. The van der Waals surface area contributed by atoms with Crippen molar-refractivity contribution in [1.82, 2.24) is 14.3 Å². The first-order valence-corrected chi connectivity index (χ1v) is 9.89. The molecule has 2 heterocycles. The minimum atomic E-state index is -0.325. The molecule has 146 valence electrons. The second-order valence-electron chi connectivity index (χ2n) is 7.05. The number of hydrogen-bond donors (Lipinski definition) is 2. The highest BCUT2D eigenvalue weighted by Crippen LogP contribution is 2.24. The maximum Gasteiger partial charge on any atom is 0.217 e. The summed E-state index contributed by atoms with van der Waals surface area (Å²) in [5.41, 5.74) is 7.70. The molecule has 0 atom stereocenters. The third kappa shape index (κ3) is 4.69. The van der Waals surface area contributed by atoms with Gasteiger partial charge >= 0.3 is 0 Å². The highest BCUT2D eigenvalue weighted by molar-refractivity contribution is 7.71. The standard InChI is InChI=1S/C18H25ClN6OS/c1-13-3-4-14(19)11-15(13)24-9-7-23(8-10-24)12-25-18(27)22(2)17(21-25)6-5-16(20)26/h3-4,11H,5-10,12H2,1-2H3,(H2,20,26)/p+1. The number of nitrogens with zero attached hydrogens (tertiary/aromatic N) is 4. The van der Waals surface area contributed by atoms with Gasteiger partial charge in [-0.15, -0.1) is 0 Å². The lowest BCUT2D eigenvalue weighted by Crippen LogP contribution is -3.14. The van der Waals surface area contributed by atoms with Crippen LogP contribution in [0.2, 0.25) is 5.02 Å². The van der Waals surface area contributed by atoms with Crippen LogP contribution in [0.25, 0.3) is 0 Å². The van der Waals surface area contributed by atoms with E-state index in [1.807, 2.05) is 28.4 Å². The summed E-state index contributed by atoms with van der Waals surface area (Å²) >= 11 is 11.7. The van der Waals surface area contributed by atoms with Gasteiger partial charge in [-0.05, 0) is 36.8 Å². The van der Waals surface area contributed by atoms with Gasteiger partial charge in [-0.1, -0.05) is 17.7 Å². The molecule has 2 aromatic rings. The third-order valence-corrected chi connectivity index (χ3v) is 5.80. The fourth-order valence-corrected chi connectivity index (χ4v) is 3.82. The van der Waals surface area contributed by atoms with Crippen LogP contribution >= 0.6 is 23.8 Å². The molecule has 1 aromatic carbocycles. The number of nitrogens with one attached hydrogen (secondary N) is 1. The Balaban J connectivity index is 1.62. The number of nitrogens with two attached hydrogens (primary N) is 1. The van der Waals surface area contributed by atoms with E-state index >= 15 is 0 Å². The van der Waals surface area contributed by atoms with Gasteiger partial charge in [-0.3, -0.25) is 4.79 Å². The van der Waals surface area contributed by atoms with E-state index in [1.54, 1.807) is 0 Å². The number of hydrogen-bond acceptors (Lipinski definition) is 4. The molecule has 1 fully saturated rings. The smallest absolute Gasteiger partial charge is 0.217 e. The van der Waals surface area contributed by atoms with Crippen LogP contribution in [0.5, 0.6) is 0 Å². The van der Waals surface area contributed by atoms with Gasteiger partial charge < -0.3 is 20.1 Å². The minimum Gasteiger partial charge on any atom is -0.370 e. The zero-order chi connectivity index (χ0) is 19.6. The number of anilines is 1. The highest BCUT2D eigenvalue weighted by Gasteiger charge is 2.22. The summed E-state index contributed by atoms with van der Waals surface area (Å²) in [7, 11) is 1.89. The van der Waals surface area contributed by atoms with Crippen LogP contribution in [0.15, 0.2) is 18.2 Å². The van der Waals surface area contributed by atoms with E-state index in [4.69, 9.17) is 29.6 Å². The molecule has 3 N–H and O–H groups in total. The Bertz CT molecular complexity index is 884. The van der Waals surface area contributed by atoms with Gasteiger partial charge in [-0.25, -0.2) is 0 Å². The predicted octanol–water partition coefficient (Wildman–Crippen LogP) is 0.693. The fraction of sp³-hybridized carbons (Fsp3) is 0.500. The van der Waals surface area contributed by atoms with E-state index in [0.717, 1.165) is 43.7 Å². The molecule has 0 bridgehead atoms. The zero-order valence-electron chi connectivity index (χ0n) is 15.7. The summed E-state index contributed by atoms with van der Waals surface area (Å²) in [5.74, 6) is 0.472. The van der Waals surface area contributed by atoms with Crippen molar-refractivity contribution in [3.8, 4) is 0 Å². The number of carbonyl (C=O) groups is 1. The number of quaternary nitrogens is 1. The first kappa shape index (κ1) is 19.9. The van der Waals surface area contributed by atoms with Gasteiger partial charge in [0.1, 0.15) is 5.82 Å². The van der Waals surface area contributed by atoms with E-state index in [1.165, 1.54) is 16.2 Å². The SMILES string of the molecule is Cc1ccc(Cl)cc1N1CC[NH+](Cn2nc(CCC(N)=O)n(C)c2=S)CC1. The number of halogens is 1. The second kappa shape index (κ2) is 8.41. The molecule has 1 saturated heterocycles. The van der Waals surface area contributed by atoms with Gasteiger partial charge in [0.05, 0.1) is 26.2 Å². The van der Waals surface area contributed by atoms with Crippen molar-refractivity contribution in [3.05, 3.63) is 39.4 Å². The number of benzene rings is 1. The summed E-state index contributed by atoms with van der Waals surface area (Å²) in [6.45, 7) is 6.77. The van der Waals surface area contributed by atoms with E-state index in [0.29, 0.717) is 11.2 Å². The molecule has 1 aromatic heterocycles. The van der Waals surface area contributed by atoms with Gasteiger partial charge in [0.15, 0.2) is 6.67 Å². The Morgan fingerprint density at radius 1 is 1.37 bits per heavy atom. The van der Waals surface area contributed by atoms with Crippen LogP contribution < -0.4 is 15.5 Å². The molecule has 3 rings (SSSR count). The molecule has 9 heteroatoms. The van der Waals surface area contributed by atoms with Crippen molar-refractivity contribution in [2.75, 3.05) is 31.1 Å². The topological polar surface area (TPSA) is 73.5 Å². The van der Waals surface area contributed by atoms with Crippen LogP contribution in [0.3, 0.4) is 0 Å².